The summed E-state index contributed by atoms with van der Waals surface area (Å²) in [6.07, 6.45) is 8.12. The summed E-state index contributed by atoms with van der Waals surface area (Å²) in [6.45, 7) is 0.345. The SMILES string of the molecule is O=C(CCc1ccc2c(c1)COC2=C1C(=O)Nc2ccc(F)cc21)OC12CC3CC(CC(C3)C1)C2. The minimum absolute atomic E-state index is 0.0900. The molecule has 4 fully saturated rings. The number of nitrogens with one attached hydrogen (secondary N) is 1. The van der Waals surface area contributed by atoms with Crippen molar-refractivity contribution < 1.29 is 23.5 Å². The molecule has 0 atom stereocenters. The predicted molar refractivity (Wildman–Crippen MR) is 128 cm³/mol. The number of rotatable bonds is 4. The van der Waals surface area contributed by atoms with Gasteiger partial charge in [0.15, 0.2) is 0 Å². The third kappa shape index (κ3) is 3.57. The Kier molecular flexibility index (Phi) is 4.64. The Hall–Kier alpha value is -3.15. The Labute approximate surface area is 203 Å². The van der Waals surface area contributed by atoms with Gasteiger partial charge in [-0.25, -0.2) is 4.39 Å². The maximum Gasteiger partial charge on any atom is 0.306 e. The highest BCUT2D eigenvalue weighted by molar-refractivity contribution is 6.36. The van der Waals surface area contributed by atoms with E-state index in [1.807, 2.05) is 18.2 Å². The van der Waals surface area contributed by atoms with E-state index in [9.17, 15) is 14.0 Å². The van der Waals surface area contributed by atoms with Gasteiger partial charge < -0.3 is 14.8 Å². The Morgan fingerprint density at radius 1 is 1.03 bits per heavy atom. The van der Waals surface area contributed by atoms with E-state index in [2.05, 4.69) is 5.32 Å². The first-order chi connectivity index (χ1) is 16.9. The number of ether oxygens (including phenoxy) is 2. The Morgan fingerprint density at radius 3 is 2.51 bits per heavy atom. The number of halogens is 1. The molecule has 35 heavy (non-hydrogen) atoms. The third-order valence-corrected chi connectivity index (χ3v) is 8.67. The molecule has 5 nitrogen and oxygen atoms in total. The largest absolute Gasteiger partial charge is 0.487 e. The van der Waals surface area contributed by atoms with Crippen molar-refractivity contribution in [2.24, 2.45) is 17.8 Å². The van der Waals surface area contributed by atoms with Gasteiger partial charge in [0.2, 0.25) is 0 Å². The molecule has 180 valence electrons. The molecule has 6 aliphatic rings. The van der Waals surface area contributed by atoms with Gasteiger partial charge in [-0.3, -0.25) is 9.59 Å². The molecule has 0 saturated heterocycles. The highest BCUT2D eigenvalue weighted by atomic mass is 19.1. The molecule has 1 N–H and O–H groups in total. The number of carbonyl (C=O) groups excluding carboxylic acids is 2. The highest BCUT2D eigenvalue weighted by Gasteiger charge is 2.53. The van der Waals surface area contributed by atoms with Crippen molar-refractivity contribution in [3.63, 3.8) is 0 Å². The zero-order chi connectivity index (χ0) is 23.7. The first-order valence-corrected chi connectivity index (χ1v) is 12.8. The molecule has 4 saturated carbocycles. The molecular formula is C29H28FNO4. The molecule has 4 aliphatic carbocycles. The summed E-state index contributed by atoms with van der Waals surface area (Å²) in [5.74, 6) is 1.96. The van der Waals surface area contributed by atoms with Crippen molar-refractivity contribution in [2.75, 3.05) is 5.32 Å². The minimum atomic E-state index is -0.396. The highest BCUT2D eigenvalue weighted by Crippen LogP contribution is 2.57. The summed E-state index contributed by atoms with van der Waals surface area (Å²) in [7, 11) is 0. The quantitative estimate of drug-likeness (QED) is 0.462. The molecule has 0 spiro atoms. The topological polar surface area (TPSA) is 64.6 Å². The van der Waals surface area contributed by atoms with Gasteiger partial charge in [-0.2, -0.15) is 0 Å². The van der Waals surface area contributed by atoms with Gasteiger partial charge in [0.25, 0.3) is 5.91 Å². The maximum absolute atomic E-state index is 13.8. The number of aryl methyl sites for hydroxylation is 1. The summed E-state index contributed by atoms with van der Waals surface area (Å²) < 4.78 is 25.9. The van der Waals surface area contributed by atoms with Crippen LogP contribution in [0.3, 0.4) is 0 Å². The van der Waals surface area contributed by atoms with Crippen LogP contribution >= 0.6 is 0 Å². The van der Waals surface area contributed by atoms with E-state index in [4.69, 9.17) is 9.47 Å². The van der Waals surface area contributed by atoms with Crippen molar-refractivity contribution in [1.29, 1.82) is 0 Å². The summed E-state index contributed by atoms with van der Waals surface area (Å²) in [4.78, 5) is 25.4. The Bertz CT molecular complexity index is 1260. The van der Waals surface area contributed by atoms with E-state index in [0.717, 1.165) is 53.7 Å². The molecule has 2 aromatic carbocycles. The second-order valence-electron chi connectivity index (χ2n) is 11.2. The van der Waals surface area contributed by atoms with Gasteiger partial charge >= 0.3 is 5.97 Å². The number of hydrogen-bond donors (Lipinski definition) is 1. The standard InChI is InChI=1S/C29H28FNO4/c30-21-3-5-24-23(11-21)26(28(33)31-24)27-22-4-1-16(10-20(22)15-34-27)2-6-25(32)35-29-12-17-7-18(13-29)9-19(8-17)14-29/h1,3-5,10-11,17-19H,2,6-9,12-15H2,(H,31,33). The second kappa shape index (κ2) is 7.67. The summed E-state index contributed by atoms with van der Waals surface area (Å²) in [5, 5.41) is 2.79. The van der Waals surface area contributed by atoms with Gasteiger partial charge in [-0.15, -0.1) is 0 Å². The molecule has 0 aromatic heterocycles. The lowest BCUT2D eigenvalue weighted by Gasteiger charge is -2.55. The average Bonchev–Trinajstić information content (AvgIpc) is 3.35. The van der Waals surface area contributed by atoms with E-state index in [-0.39, 0.29) is 17.5 Å². The second-order valence-corrected chi connectivity index (χ2v) is 11.2. The normalized spacial score (nSPS) is 31.7. The van der Waals surface area contributed by atoms with Crippen LogP contribution in [0, 0.1) is 23.6 Å². The predicted octanol–water partition coefficient (Wildman–Crippen LogP) is 5.62. The molecule has 0 radical (unpaired) electrons. The molecule has 2 heterocycles. The number of anilines is 1. The first-order valence-electron chi connectivity index (χ1n) is 12.8. The third-order valence-electron chi connectivity index (χ3n) is 8.67. The molecule has 2 aromatic rings. The fourth-order valence-corrected chi connectivity index (χ4v) is 7.64. The lowest BCUT2D eigenvalue weighted by molar-refractivity contribution is -0.186. The number of fused-ring (bicyclic) bond motifs is 2. The molecule has 8 rings (SSSR count). The summed E-state index contributed by atoms with van der Waals surface area (Å²) in [5.41, 5.74) is 4.13. The van der Waals surface area contributed by atoms with Crippen molar-refractivity contribution in [3.05, 3.63) is 64.5 Å². The van der Waals surface area contributed by atoms with E-state index >= 15 is 0 Å². The average molecular weight is 474 g/mol. The fourth-order valence-electron chi connectivity index (χ4n) is 7.64. The molecule has 1 amide bonds. The van der Waals surface area contributed by atoms with Crippen LogP contribution in [-0.4, -0.2) is 17.5 Å². The van der Waals surface area contributed by atoms with Crippen LogP contribution in [0.1, 0.15) is 67.2 Å². The van der Waals surface area contributed by atoms with Crippen molar-refractivity contribution in [3.8, 4) is 0 Å². The van der Waals surface area contributed by atoms with Crippen LogP contribution in [0.4, 0.5) is 10.1 Å². The Morgan fingerprint density at radius 2 is 1.77 bits per heavy atom. The van der Waals surface area contributed by atoms with E-state index in [1.54, 1.807) is 6.07 Å². The van der Waals surface area contributed by atoms with Crippen LogP contribution in [0.2, 0.25) is 0 Å². The lowest BCUT2D eigenvalue weighted by atomic mass is 9.54. The molecule has 6 heteroatoms. The zero-order valence-electron chi connectivity index (χ0n) is 19.6. The van der Waals surface area contributed by atoms with Gasteiger partial charge in [0, 0.05) is 28.8 Å². The Balaban J connectivity index is 1.06. The van der Waals surface area contributed by atoms with Gasteiger partial charge in [-0.05, 0) is 86.5 Å². The smallest absolute Gasteiger partial charge is 0.306 e. The first kappa shape index (κ1) is 21.2. The van der Waals surface area contributed by atoms with Gasteiger partial charge in [-0.1, -0.05) is 18.2 Å². The van der Waals surface area contributed by atoms with Gasteiger partial charge in [0.05, 0.1) is 5.57 Å². The molecule has 4 bridgehead atoms. The molecule has 0 unspecified atom stereocenters. The van der Waals surface area contributed by atoms with Crippen LogP contribution in [0.25, 0.3) is 11.3 Å². The zero-order valence-corrected chi connectivity index (χ0v) is 19.6. The monoisotopic (exact) mass is 473 g/mol. The fraction of sp³-hybridized carbons (Fsp3) is 0.448. The van der Waals surface area contributed by atoms with E-state index in [0.29, 0.717) is 42.0 Å². The maximum atomic E-state index is 13.8. The summed E-state index contributed by atoms with van der Waals surface area (Å²) in [6, 6.07) is 10.2. The molecule has 2 aliphatic heterocycles. The van der Waals surface area contributed by atoms with Crippen LogP contribution in [0.15, 0.2) is 36.4 Å². The molecular weight excluding hydrogens is 445 g/mol. The number of esters is 1. The number of hydrogen-bond acceptors (Lipinski definition) is 4. The number of benzene rings is 2. The number of amides is 1. The minimum Gasteiger partial charge on any atom is -0.487 e. The lowest BCUT2D eigenvalue weighted by Crippen LogP contribution is -2.52. The van der Waals surface area contributed by atoms with Crippen molar-refractivity contribution in [1.82, 2.24) is 0 Å². The summed E-state index contributed by atoms with van der Waals surface area (Å²) >= 11 is 0. The van der Waals surface area contributed by atoms with Crippen LogP contribution < -0.4 is 5.32 Å². The number of carbonyl (C=O) groups is 2. The van der Waals surface area contributed by atoms with Crippen LogP contribution in [0.5, 0.6) is 0 Å². The van der Waals surface area contributed by atoms with Gasteiger partial charge in [0.1, 0.15) is 23.8 Å². The van der Waals surface area contributed by atoms with E-state index in [1.165, 1.54) is 31.4 Å². The van der Waals surface area contributed by atoms with Crippen molar-refractivity contribution in [2.45, 2.75) is 63.6 Å². The van der Waals surface area contributed by atoms with Crippen LogP contribution in [-0.2, 0) is 32.1 Å². The van der Waals surface area contributed by atoms with Crippen molar-refractivity contribution >= 4 is 28.9 Å². The van der Waals surface area contributed by atoms with E-state index < -0.39 is 5.82 Å².